The summed E-state index contributed by atoms with van der Waals surface area (Å²) >= 11 is 0.887. The molecule has 2 aromatic heterocycles. The molecule has 2 heterocycles. The van der Waals surface area contributed by atoms with E-state index < -0.39 is 29.3 Å². The zero-order chi connectivity index (χ0) is 22.9. The standard InChI is InChI=1S/C21H15F5N4OS.ClH/c22-15-10-16(23)18-17(11-15)32-20(28-18)30(7-2-6-29-8-5-27-12-29)19(31)13-3-1-4-14(9-13)21(24,25)26;/h1,3-5,8-12H,2,6-7H2;1H. The SMILES string of the molecule is Cl.O=C(c1cccc(C(F)(F)F)c1)N(CCCn1ccnc1)c1nc2c(F)cc(F)cc2s1. The van der Waals surface area contributed by atoms with Crippen LogP contribution in [0.2, 0.25) is 0 Å². The molecule has 0 N–H and O–H groups in total. The largest absolute Gasteiger partial charge is 0.416 e. The first-order valence-electron chi connectivity index (χ1n) is 9.43. The predicted molar refractivity (Wildman–Crippen MR) is 117 cm³/mol. The fourth-order valence-corrected chi connectivity index (χ4v) is 4.19. The van der Waals surface area contributed by atoms with Gasteiger partial charge in [-0.15, -0.1) is 12.4 Å². The van der Waals surface area contributed by atoms with Crippen molar-refractivity contribution >= 4 is 45.0 Å². The molecule has 33 heavy (non-hydrogen) atoms. The molecule has 2 aromatic carbocycles. The minimum Gasteiger partial charge on any atom is -0.337 e. The van der Waals surface area contributed by atoms with E-state index in [4.69, 9.17) is 0 Å². The van der Waals surface area contributed by atoms with Gasteiger partial charge in [-0.1, -0.05) is 17.4 Å². The van der Waals surface area contributed by atoms with Crippen LogP contribution in [0.5, 0.6) is 0 Å². The van der Waals surface area contributed by atoms with Crippen molar-refractivity contribution in [3.63, 3.8) is 0 Å². The van der Waals surface area contributed by atoms with Crippen LogP contribution in [0.3, 0.4) is 0 Å². The number of hydrogen-bond acceptors (Lipinski definition) is 4. The summed E-state index contributed by atoms with van der Waals surface area (Å²) in [5, 5.41) is 0.0672. The van der Waals surface area contributed by atoms with Gasteiger partial charge >= 0.3 is 6.18 Å². The Balaban J connectivity index is 0.00000306. The molecular formula is C21H16ClF5N4OS. The van der Waals surface area contributed by atoms with Crippen LogP contribution in [0.4, 0.5) is 27.1 Å². The summed E-state index contributed by atoms with van der Waals surface area (Å²) < 4.78 is 69.0. The van der Waals surface area contributed by atoms with Gasteiger partial charge in [-0.25, -0.2) is 18.7 Å². The second kappa shape index (κ2) is 9.84. The number of amides is 1. The van der Waals surface area contributed by atoms with E-state index in [0.29, 0.717) is 19.0 Å². The number of fused-ring (bicyclic) bond motifs is 1. The summed E-state index contributed by atoms with van der Waals surface area (Å²) in [6.07, 6.45) is 0.729. The highest BCUT2D eigenvalue weighted by molar-refractivity contribution is 7.22. The Labute approximate surface area is 194 Å². The number of halogens is 6. The third-order valence-electron chi connectivity index (χ3n) is 4.67. The number of aromatic nitrogens is 3. The molecule has 0 aliphatic heterocycles. The van der Waals surface area contributed by atoms with E-state index in [0.717, 1.165) is 35.6 Å². The highest BCUT2D eigenvalue weighted by Crippen LogP contribution is 2.33. The van der Waals surface area contributed by atoms with Gasteiger partial charge in [0, 0.05) is 37.1 Å². The molecule has 0 spiro atoms. The van der Waals surface area contributed by atoms with Crippen molar-refractivity contribution in [1.82, 2.24) is 14.5 Å². The third kappa shape index (κ3) is 5.48. The lowest BCUT2D eigenvalue weighted by molar-refractivity contribution is -0.137. The van der Waals surface area contributed by atoms with Gasteiger partial charge < -0.3 is 4.57 Å². The normalized spacial score (nSPS) is 11.4. The number of carbonyl (C=O) groups excluding carboxylic acids is 1. The van der Waals surface area contributed by atoms with Crippen LogP contribution in [0.15, 0.2) is 55.1 Å². The Kier molecular flexibility index (Phi) is 7.33. The van der Waals surface area contributed by atoms with E-state index in [9.17, 15) is 26.7 Å². The van der Waals surface area contributed by atoms with E-state index in [2.05, 4.69) is 9.97 Å². The van der Waals surface area contributed by atoms with Crippen LogP contribution < -0.4 is 4.90 Å². The summed E-state index contributed by atoms with van der Waals surface area (Å²) in [6.45, 7) is 0.581. The Morgan fingerprint density at radius 3 is 2.64 bits per heavy atom. The molecule has 5 nitrogen and oxygen atoms in total. The molecule has 0 saturated heterocycles. The first-order valence-corrected chi connectivity index (χ1v) is 10.2. The number of nitrogens with zero attached hydrogens (tertiary/aromatic N) is 4. The fraction of sp³-hybridized carbons (Fsp3) is 0.190. The number of anilines is 1. The zero-order valence-corrected chi connectivity index (χ0v) is 18.4. The molecule has 0 aliphatic carbocycles. The van der Waals surface area contributed by atoms with E-state index in [-0.39, 0.29) is 39.9 Å². The summed E-state index contributed by atoms with van der Waals surface area (Å²) in [6, 6.07) is 5.83. The van der Waals surface area contributed by atoms with Crippen LogP contribution in [-0.2, 0) is 12.7 Å². The molecule has 12 heteroatoms. The van der Waals surface area contributed by atoms with Gasteiger partial charge in [-0.2, -0.15) is 13.2 Å². The molecule has 0 radical (unpaired) electrons. The minimum atomic E-state index is -4.61. The lowest BCUT2D eigenvalue weighted by Crippen LogP contribution is -2.32. The molecule has 0 atom stereocenters. The van der Waals surface area contributed by atoms with Gasteiger partial charge in [0.15, 0.2) is 10.9 Å². The number of benzene rings is 2. The quantitative estimate of drug-likeness (QED) is 0.306. The Bertz CT molecular complexity index is 1260. The first kappa shape index (κ1) is 24.6. The highest BCUT2D eigenvalue weighted by atomic mass is 35.5. The fourth-order valence-electron chi connectivity index (χ4n) is 3.16. The van der Waals surface area contributed by atoms with E-state index in [1.807, 2.05) is 0 Å². The Morgan fingerprint density at radius 1 is 1.15 bits per heavy atom. The average molecular weight is 503 g/mol. The minimum absolute atomic E-state index is 0. The van der Waals surface area contributed by atoms with Gasteiger partial charge in [0.2, 0.25) is 0 Å². The van der Waals surface area contributed by atoms with Gasteiger partial charge in [-0.05, 0) is 30.7 Å². The van der Waals surface area contributed by atoms with Crippen LogP contribution in [0.1, 0.15) is 22.3 Å². The summed E-state index contributed by atoms with van der Waals surface area (Å²) in [5.74, 6) is -2.39. The van der Waals surface area contributed by atoms with E-state index >= 15 is 0 Å². The van der Waals surface area contributed by atoms with Crippen LogP contribution in [0, 0.1) is 11.6 Å². The Hall–Kier alpha value is -3.05. The van der Waals surface area contributed by atoms with Crippen LogP contribution in [-0.4, -0.2) is 27.0 Å². The summed E-state index contributed by atoms with van der Waals surface area (Å²) in [7, 11) is 0. The number of aryl methyl sites for hydroxylation is 1. The van der Waals surface area contributed by atoms with Crippen molar-refractivity contribution in [3.05, 3.63) is 77.9 Å². The van der Waals surface area contributed by atoms with Crippen molar-refractivity contribution in [2.24, 2.45) is 0 Å². The molecule has 0 fully saturated rings. The molecule has 0 aliphatic rings. The van der Waals surface area contributed by atoms with Crippen LogP contribution in [0.25, 0.3) is 10.2 Å². The van der Waals surface area contributed by atoms with Crippen LogP contribution >= 0.6 is 23.7 Å². The third-order valence-corrected chi connectivity index (χ3v) is 5.70. The second-order valence-corrected chi connectivity index (χ2v) is 7.93. The van der Waals surface area contributed by atoms with Gasteiger partial charge in [0.05, 0.1) is 16.6 Å². The lowest BCUT2D eigenvalue weighted by Gasteiger charge is -2.20. The average Bonchev–Trinajstić information content (AvgIpc) is 3.40. The molecule has 0 unspecified atom stereocenters. The van der Waals surface area contributed by atoms with Crippen molar-refractivity contribution < 1.29 is 26.7 Å². The Morgan fingerprint density at radius 2 is 1.94 bits per heavy atom. The molecule has 0 bridgehead atoms. The van der Waals surface area contributed by atoms with E-state index in [1.165, 1.54) is 11.0 Å². The number of alkyl halides is 3. The molecular weight excluding hydrogens is 487 g/mol. The van der Waals surface area contributed by atoms with Crippen molar-refractivity contribution in [2.45, 2.75) is 19.1 Å². The second-order valence-electron chi connectivity index (χ2n) is 6.92. The maximum atomic E-state index is 14.1. The molecule has 4 aromatic rings. The summed E-state index contributed by atoms with van der Waals surface area (Å²) in [4.78, 5) is 22.4. The monoisotopic (exact) mass is 502 g/mol. The maximum Gasteiger partial charge on any atom is 0.416 e. The first-order chi connectivity index (χ1) is 15.2. The number of rotatable bonds is 6. The van der Waals surface area contributed by atoms with Gasteiger partial charge in [-0.3, -0.25) is 9.69 Å². The van der Waals surface area contributed by atoms with Gasteiger partial charge in [0.25, 0.3) is 5.91 Å². The summed E-state index contributed by atoms with van der Waals surface area (Å²) in [5.41, 5.74) is -1.25. The van der Waals surface area contributed by atoms with Crippen molar-refractivity contribution in [1.29, 1.82) is 0 Å². The van der Waals surface area contributed by atoms with Crippen molar-refractivity contribution in [3.8, 4) is 0 Å². The molecule has 0 saturated carbocycles. The topological polar surface area (TPSA) is 51.0 Å². The maximum absolute atomic E-state index is 14.1. The predicted octanol–water partition coefficient (Wildman–Crippen LogP) is 5.95. The molecule has 4 rings (SSSR count). The highest BCUT2D eigenvalue weighted by Gasteiger charge is 2.32. The van der Waals surface area contributed by atoms with Crippen molar-refractivity contribution in [2.75, 3.05) is 11.4 Å². The number of carbonyl (C=O) groups is 1. The van der Waals surface area contributed by atoms with Gasteiger partial charge in [0.1, 0.15) is 11.3 Å². The smallest absolute Gasteiger partial charge is 0.337 e. The van der Waals surface area contributed by atoms with E-state index in [1.54, 1.807) is 23.3 Å². The number of thiazole rings is 1. The number of imidazole rings is 1. The zero-order valence-electron chi connectivity index (χ0n) is 16.7. The molecule has 174 valence electrons. The lowest BCUT2D eigenvalue weighted by atomic mass is 10.1. The number of hydrogen-bond donors (Lipinski definition) is 0. The molecule has 1 amide bonds.